The van der Waals surface area contributed by atoms with Crippen LogP contribution in [-0.4, -0.2) is 21.9 Å². The quantitative estimate of drug-likeness (QED) is 0.371. The van der Waals surface area contributed by atoms with E-state index in [1.54, 1.807) is 12.1 Å². The molecule has 0 aliphatic heterocycles. The van der Waals surface area contributed by atoms with Gasteiger partial charge in [-0.2, -0.15) is 0 Å². The molecule has 0 aromatic heterocycles. The number of thiocarbonyl (C=S) groups is 1. The summed E-state index contributed by atoms with van der Waals surface area (Å²) in [7, 11) is 0. The van der Waals surface area contributed by atoms with Crippen LogP contribution in [0.2, 0.25) is 5.02 Å². The molecule has 0 unspecified atom stereocenters. The number of benzene rings is 2. The van der Waals surface area contributed by atoms with Crippen molar-refractivity contribution < 1.29 is 14.5 Å². The fourth-order valence-corrected chi connectivity index (χ4v) is 2.49. The summed E-state index contributed by atoms with van der Waals surface area (Å²) in [6.45, 7) is 0. The maximum absolute atomic E-state index is 12.2. The summed E-state index contributed by atoms with van der Waals surface area (Å²) in [6, 6.07) is 9.87. The van der Waals surface area contributed by atoms with Crippen LogP contribution in [0.25, 0.3) is 0 Å². The van der Waals surface area contributed by atoms with Gasteiger partial charge in [-0.25, -0.2) is 0 Å². The first-order chi connectivity index (χ1) is 12.3. The Labute approximate surface area is 166 Å². The second-order valence-corrected chi connectivity index (χ2v) is 6.49. The summed E-state index contributed by atoms with van der Waals surface area (Å²) in [5.74, 6) is -1.17. The molecule has 8 nitrogen and oxygen atoms in total. The van der Waals surface area contributed by atoms with Gasteiger partial charge in [0.05, 0.1) is 10.5 Å². The second kappa shape index (κ2) is 8.70. The van der Waals surface area contributed by atoms with Crippen molar-refractivity contribution in [1.82, 2.24) is 16.2 Å². The van der Waals surface area contributed by atoms with Crippen LogP contribution in [0.5, 0.6) is 0 Å². The number of nitro benzene ring substituents is 1. The van der Waals surface area contributed by atoms with Crippen molar-refractivity contribution >= 4 is 62.4 Å². The van der Waals surface area contributed by atoms with Crippen molar-refractivity contribution in [2.24, 2.45) is 0 Å². The second-order valence-electron chi connectivity index (χ2n) is 4.79. The Balaban J connectivity index is 1.96. The number of non-ortho nitro benzene ring substituents is 1. The largest absolute Gasteiger partial charge is 0.298 e. The van der Waals surface area contributed by atoms with E-state index >= 15 is 0 Å². The molecule has 2 amide bonds. The van der Waals surface area contributed by atoms with E-state index in [1.165, 1.54) is 24.3 Å². The zero-order valence-electron chi connectivity index (χ0n) is 12.8. The van der Waals surface area contributed by atoms with Gasteiger partial charge in [0, 0.05) is 27.2 Å². The fraction of sp³-hybridized carbons (Fsp3) is 0. The van der Waals surface area contributed by atoms with E-state index in [4.69, 9.17) is 23.8 Å². The zero-order valence-corrected chi connectivity index (χ0v) is 15.9. The normalized spacial score (nSPS) is 9.92. The molecule has 0 spiro atoms. The molecule has 0 radical (unpaired) electrons. The number of nitro groups is 1. The van der Waals surface area contributed by atoms with Gasteiger partial charge in [0.1, 0.15) is 0 Å². The molecular formula is C15H10BrClN4O4S. The molecule has 0 saturated carbocycles. The summed E-state index contributed by atoms with van der Waals surface area (Å²) in [5.41, 5.74) is 4.79. The van der Waals surface area contributed by atoms with Crippen molar-refractivity contribution in [2.75, 3.05) is 0 Å². The third-order valence-corrected chi connectivity index (χ3v) is 4.18. The third kappa shape index (κ3) is 5.22. The van der Waals surface area contributed by atoms with Crippen molar-refractivity contribution in [1.29, 1.82) is 0 Å². The van der Waals surface area contributed by atoms with Crippen LogP contribution in [0.1, 0.15) is 20.7 Å². The van der Waals surface area contributed by atoms with Crippen LogP contribution >= 0.6 is 39.7 Å². The maximum Gasteiger partial charge on any atom is 0.270 e. The van der Waals surface area contributed by atoms with Gasteiger partial charge in [-0.3, -0.25) is 35.9 Å². The first kappa shape index (κ1) is 19.8. The SMILES string of the molecule is O=C(NNC(=S)NC(=O)c1cc([N+](=O)[O-])ccc1Br)c1ccc(Cl)cc1. The van der Waals surface area contributed by atoms with Gasteiger partial charge in [0.2, 0.25) is 0 Å². The molecule has 0 aliphatic carbocycles. The zero-order chi connectivity index (χ0) is 19.3. The van der Waals surface area contributed by atoms with E-state index in [0.717, 1.165) is 6.07 Å². The minimum atomic E-state index is -0.682. The lowest BCUT2D eigenvalue weighted by molar-refractivity contribution is -0.384. The van der Waals surface area contributed by atoms with Crippen molar-refractivity contribution in [3.8, 4) is 0 Å². The predicted molar refractivity (Wildman–Crippen MR) is 103 cm³/mol. The number of hydrogen-bond donors (Lipinski definition) is 3. The van der Waals surface area contributed by atoms with Crippen LogP contribution in [0.3, 0.4) is 0 Å². The summed E-state index contributed by atoms with van der Waals surface area (Å²) in [6.07, 6.45) is 0. The lowest BCUT2D eigenvalue weighted by Crippen LogP contribution is -2.48. The fourth-order valence-electron chi connectivity index (χ4n) is 1.79. The Morgan fingerprint density at radius 1 is 1.08 bits per heavy atom. The van der Waals surface area contributed by atoms with Gasteiger partial charge < -0.3 is 0 Å². The van der Waals surface area contributed by atoms with E-state index in [0.29, 0.717) is 15.1 Å². The van der Waals surface area contributed by atoms with Crippen LogP contribution in [0, 0.1) is 10.1 Å². The highest BCUT2D eigenvalue weighted by atomic mass is 79.9. The van der Waals surface area contributed by atoms with E-state index in [-0.39, 0.29) is 16.4 Å². The van der Waals surface area contributed by atoms with Crippen LogP contribution < -0.4 is 16.2 Å². The van der Waals surface area contributed by atoms with E-state index < -0.39 is 16.7 Å². The molecule has 11 heteroatoms. The molecule has 0 heterocycles. The van der Waals surface area contributed by atoms with E-state index in [2.05, 4.69) is 32.1 Å². The third-order valence-electron chi connectivity index (χ3n) is 3.03. The smallest absolute Gasteiger partial charge is 0.270 e. The molecule has 0 fully saturated rings. The molecule has 0 aliphatic rings. The molecule has 0 saturated heterocycles. The summed E-state index contributed by atoms with van der Waals surface area (Å²) in [5, 5.41) is 13.4. The highest BCUT2D eigenvalue weighted by Gasteiger charge is 2.16. The van der Waals surface area contributed by atoms with Crippen molar-refractivity contribution in [3.05, 3.63) is 73.2 Å². The molecule has 2 aromatic rings. The van der Waals surface area contributed by atoms with Gasteiger partial charge in [-0.15, -0.1) is 0 Å². The van der Waals surface area contributed by atoms with Gasteiger partial charge in [0.25, 0.3) is 17.5 Å². The van der Waals surface area contributed by atoms with Gasteiger partial charge in [-0.05, 0) is 58.5 Å². The number of carbonyl (C=O) groups excluding carboxylic acids is 2. The van der Waals surface area contributed by atoms with Gasteiger partial charge >= 0.3 is 0 Å². The number of halogens is 2. The summed E-state index contributed by atoms with van der Waals surface area (Å²) in [4.78, 5) is 34.3. The number of hydrogen-bond acceptors (Lipinski definition) is 5. The summed E-state index contributed by atoms with van der Waals surface area (Å²) < 4.78 is 0.355. The van der Waals surface area contributed by atoms with Gasteiger partial charge in [-0.1, -0.05) is 11.6 Å². The molecule has 0 atom stereocenters. The van der Waals surface area contributed by atoms with Crippen LogP contribution in [0.4, 0.5) is 5.69 Å². The Kier molecular flexibility index (Phi) is 6.61. The molecule has 2 aromatic carbocycles. The summed E-state index contributed by atoms with van der Waals surface area (Å²) >= 11 is 13.8. The average Bonchev–Trinajstić information content (AvgIpc) is 2.60. The molecule has 134 valence electrons. The minimum Gasteiger partial charge on any atom is -0.298 e. The molecule has 3 N–H and O–H groups in total. The van der Waals surface area contributed by atoms with E-state index in [9.17, 15) is 19.7 Å². The molecule has 2 rings (SSSR count). The number of hydrazine groups is 1. The van der Waals surface area contributed by atoms with Crippen LogP contribution in [0.15, 0.2) is 46.9 Å². The lowest BCUT2D eigenvalue weighted by atomic mass is 10.2. The first-order valence-electron chi connectivity index (χ1n) is 6.89. The predicted octanol–water partition coefficient (Wildman–Crippen LogP) is 2.96. The van der Waals surface area contributed by atoms with Gasteiger partial charge in [0.15, 0.2) is 5.11 Å². The number of amides is 2. The number of nitrogens with one attached hydrogen (secondary N) is 3. The lowest BCUT2D eigenvalue weighted by Gasteiger charge is -2.11. The Morgan fingerprint density at radius 3 is 2.35 bits per heavy atom. The maximum atomic E-state index is 12.2. The number of nitrogens with zero attached hydrogens (tertiary/aromatic N) is 1. The highest BCUT2D eigenvalue weighted by Crippen LogP contribution is 2.22. The number of rotatable bonds is 3. The highest BCUT2D eigenvalue weighted by molar-refractivity contribution is 9.10. The Morgan fingerprint density at radius 2 is 1.73 bits per heavy atom. The number of carbonyl (C=O) groups is 2. The Bertz CT molecular complexity index is 892. The Hall–Kier alpha value is -2.56. The van der Waals surface area contributed by atoms with Crippen molar-refractivity contribution in [2.45, 2.75) is 0 Å². The molecule has 0 bridgehead atoms. The molecular weight excluding hydrogens is 448 g/mol. The van der Waals surface area contributed by atoms with Crippen LogP contribution in [-0.2, 0) is 0 Å². The monoisotopic (exact) mass is 456 g/mol. The standard InChI is InChI=1S/C15H10BrClN4O4S/c16-12-6-5-10(21(24)25)7-11(12)14(23)18-15(26)20-19-13(22)8-1-3-9(17)4-2-8/h1-7H,(H,19,22)(H2,18,20,23,26). The topological polar surface area (TPSA) is 113 Å². The molecule has 26 heavy (non-hydrogen) atoms. The minimum absolute atomic E-state index is 0.0207. The first-order valence-corrected chi connectivity index (χ1v) is 8.47. The van der Waals surface area contributed by atoms with Crippen molar-refractivity contribution in [3.63, 3.8) is 0 Å². The van der Waals surface area contributed by atoms with E-state index in [1.807, 2.05) is 0 Å². The average molecular weight is 458 g/mol.